The summed E-state index contributed by atoms with van der Waals surface area (Å²) in [5.41, 5.74) is 14.1. The summed E-state index contributed by atoms with van der Waals surface area (Å²) < 4.78 is 7.37. The fourth-order valence-corrected chi connectivity index (χ4v) is 11.1. The van der Waals surface area contributed by atoms with Gasteiger partial charge in [-0.2, -0.15) is 0 Å². The first-order chi connectivity index (χ1) is 29.3. The molecule has 0 spiro atoms. The lowest BCUT2D eigenvalue weighted by molar-refractivity contribution is 1.18. The van der Waals surface area contributed by atoms with E-state index in [2.05, 4.69) is 195 Å². The van der Waals surface area contributed by atoms with E-state index in [9.17, 15) is 0 Å². The molecular weight excluding hydrogens is 717 g/mol. The third-order valence-corrected chi connectivity index (χ3v) is 13.4. The third-order valence-electron chi connectivity index (χ3n) is 13.4. The Labute approximate surface area is 335 Å². The standard InChI is InChI=1S/C55H30N4/c1-2-14-34(15-3-1)57-45-23-9-8-18-38(45)42-28-33(25-26-46(42)57)37-19-10-20-39-43-29-32-13-5-7-17-36(32)50-44-30-48-51(56-55(44)59(52(37)39)54(43)50)41-22-11-21-40-49-35-16-6-4-12-31(35)24-27-47(49)58(48)53(40)41/h1-30H. The number of benzene rings is 9. The number of nitrogens with zero attached hydrogens (tertiary/aromatic N) is 4. The Balaban J connectivity index is 1.10. The number of aromatic nitrogens is 4. The van der Waals surface area contributed by atoms with Crippen molar-refractivity contribution >= 4 is 120 Å². The molecule has 15 rings (SSSR count). The van der Waals surface area contributed by atoms with E-state index in [0.29, 0.717) is 0 Å². The van der Waals surface area contributed by atoms with Gasteiger partial charge in [0.15, 0.2) is 0 Å². The average molecular weight is 747 g/mol. The highest BCUT2D eigenvalue weighted by atomic mass is 15.0. The molecule has 0 unspecified atom stereocenters. The second-order valence-corrected chi connectivity index (χ2v) is 16.3. The lowest BCUT2D eigenvalue weighted by Gasteiger charge is -2.09. The van der Waals surface area contributed by atoms with Crippen molar-refractivity contribution in [2.24, 2.45) is 0 Å². The van der Waals surface area contributed by atoms with Gasteiger partial charge in [-0.15, -0.1) is 0 Å². The van der Waals surface area contributed by atoms with Gasteiger partial charge in [0.25, 0.3) is 0 Å². The molecule has 4 heteroatoms. The fraction of sp³-hybridized carbons (Fsp3) is 0. The number of hydrogen-bond acceptors (Lipinski definition) is 1. The number of fused-ring (bicyclic) bond motifs is 19. The van der Waals surface area contributed by atoms with Gasteiger partial charge < -0.3 is 8.97 Å². The summed E-state index contributed by atoms with van der Waals surface area (Å²) in [6, 6.07) is 67.2. The Morgan fingerprint density at radius 1 is 0.339 bits per heavy atom. The summed E-state index contributed by atoms with van der Waals surface area (Å²) in [5.74, 6) is 0. The number of hydrogen-bond donors (Lipinski definition) is 0. The molecule has 6 heterocycles. The molecule has 270 valence electrons. The van der Waals surface area contributed by atoms with E-state index in [4.69, 9.17) is 4.98 Å². The van der Waals surface area contributed by atoms with Crippen LogP contribution in [-0.4, -0.2) is 18.4 Å². The predicted octanol–water partition coefficient (Wildman–Crippen LogP) is 14.5. The molecule has 15 aromatic rings. The molecule has 0 aliphatic rings. The smallest absolute Gasteiger partial charge is 0.146 e. The van der Waals surface area contributed by atoms with Gasteiger partial charge >= 0.3 is 0 Å². The largest absolute Gasteiger partial charge is 0.309 e. The van der Waals surface area contributed by atoms with E-state index in [1.165, 1.54) is 114 Å². The van der Waals surface area contributed by atoms with E-state index >= 15 is 0 Å². The minimum atomic E-state index is 1.00. The highest BCUT2D eigenvalue weighted by Gasteiger charge is 2.26. The van der Waals surface area contributed by atoms with Crippen molar-refractivity contribution in [1.82, 2.24) is 18.4 Å². The zero-order valence-corrected chi connectivity index (χ0v) is 31.6. The first kappa shape index (κ1) is 30.2. The summed E-state index contributed by atoms with van der Waals surface area (Å²) >= 11 is 0. The molecule has 0 aliphatic carbocycles. The second-order valence-electron chi connectivity index (χ2n) is 16.3. The highest BCUT2D eigenvalue weighted by Crippen LogP contribution is 2.48. The van der Waals surface area contributed by atoms with Crippen molar-refractivity contribution in [3.63, 3.8) is 0 Å². The van der Waals surface area contributed by atoms with Gasteiger partial charge in [-0.3, -0.25) is 4.40 Å². The van der Waals surface area contributed by atoms with Crippen molar-refractivity contribution in [3.8, 4) is 16.8 Å². The molecule has 6 aromatic heterocycles. The van der Waals surface area contributed by atoms with Crippen LogP contribution in [0.5, 0.6) is 0 Å². The number of rotatable bonds is 2. The van der Waals surface area contributed by atoms with E-state index < -0.39 is 0 Å². The zero-order valence-electron chi connectivity index (χ0n) is 31.6. The zero-order chi connectivity index (χ0) is 38.1. The van der Waals surface area contributed by atoms with Crippen LogP contribution in [-0.2, 0) is 0 Å². The van der Waals surface area contributed by atoms with Crippen LogP contribution in [0.25, 0.3) is 137 Å². The van der Waals surface area contributed by atoms with Crippen molar-refractivity contribution in [2.75, 3.05) is 0 Å². The molecular formula is C55H30N4. The lowest BCUT2D eigenvalue weighted by Crippen LogP contribution is -1.93. The molecule has 0 radical (unpaired) electrons. The van der Waals surface area contributed by atoms with E-state index in [0.717, 1.165) is 22.4 Å². The Kier molecular flexibility index (Phi) is 5.38. The first-order valence-corrected chi connectivity index (χ1v) is 20.4. The van der Waals surface area contributed by atoms with Gasteiger partial charge in [-0.25, -0.2) is 4.98 Å². The van der Waals surface area contributed by atoms with Gasteiger partial charge in [0.1, 0.15) is 5.65 Å². The quantitative estimate of drug-likeness (QED) is 0.173. The van der Waals surface area contributed by atoms with Crippen LogP contribution in [0.2, 0.25) is 0 Å². The molecule has 0 saturated heterocycles. The van der Waals surface area contributed by atoms with Crippen molar-refractivity contribution < 1.29 is 0 Å². The molecule has 0 aliphatic heterocycles. The van der Waals surface area contributed by atoms with Crippen LogP contribution < -0.4 is 0 Å². The van der Waals surface area contributed by atoms with Crippen LogP contribution >= 0.6 is 0 Å². The molecule has 9 aromatic carbocycles. The molecule has 59 heavy (non-hydrogen) atoms. The van der Waals surface area contributed by atoms with Crippen molar-refractivity contribution in [3.05, 3.63) is 182 Å². The lowest BCUT2D eigenvalue weighted by atomic mass is 9.98. The SMILES string of the molecule is c1ccc(-n2c3ccccc3c3cc(-c4cccc5c6cc7ccccc7c7c8cc9c(nc8n(c45)c67)c4cccc5c6c7ccccc7ccc6n9c45)ccc32)cc1. The van der Waals surface area contributed by atoms with Crippen LogP contribution in [0.1, 0.15) is 0 Å². The Morgan fingerprint density at radius 2 is 1.03 bits per heavy atom. The Hall–Kier alpha value is -7.95. The van der Waals surface area contributed by atoms with Crippen molar-refractivity contribution in [1.29, 1.82) is 0 Å². The monoisotopic (exact) mass is 746 g/mol. The average Bonchev–Trinajstić information content (AvgIpc) is 4.08. The van der Waals surface area contributed by atoms with Crippen LogP contribution in [0.3, 0.4) is 0 Å². The predicted molar refractivity (Wildman–Crippen MR) is 248 cm³/mol. The number of pyridine rings is 1. The van der Waals surface area contributed by atoms with Crippen LogP contribution in [0, 0.1) is 0 Å². The number of para-hydroxylation sites is 4. The summed E-state index contributed by atoms with van der Waals surface area (Å²) in [6.07, 6.45) is 0. The second kappa shape index (κ2) is 10.5. The van der Waals surface area contributed by atoms with E-state index in [-0.39, 0.29) is 0 Å². The molecule has 0 atom stereocenters. The minimum Gasteiger partial charge on any atom is -0.309 e. The first-order valence-electron chi connectivity index (χ1n) is 20.4. The Morgan fingerprint density at radius 3 is 1.93 bits per heavy atom. The fourth-order valence-electron chi connectivity index (χ4n) is 11.1. The maximum absolute atomic E-state index is 5.79. The molecule has 0 N–H and O–H groups in total. The summed E-state index contributed by atoms with van der Waals surface area (Å²) in [4.78, 5) is 5.79. The van der Waals surface area contributed by atoms with Gasteiger partial charge in [0.2, 0.25) is 0 Å². The maximum Gasteiger partial charge on any atom is 0.146 e. The topological polar surface area (TPSA) is 26.6 Å². The third kappa shape index (κ3) is 3.60. The van der Waals surface area contributed by atoms with E-state index in [1.807, 2.05) is 0 Å². The van der Waals surface area contributed by atoms with E-state index in [1.54, 1.807) is 0 Å². The minimum absolute atomic E-state index is 1.00. The van der Waals surface area contributed by atoms with Gasteiger partial charge in [-0.1, -0.05) is 133 Å². The summed E-state index contributed by atoms with van der Waals surface area (Å²) in [7, 11) is 0. The highest BCUT2D eigenvalue weighted by molar-refractivity contribution is 6.34. The normalized spacial score (nSPS) is 12.7. The van der Waals surface area contributed by atoms with Crippen LogP contribution in [0.4, 0.5) is 0 Å². The van der Waals surface area contributed by atoms with Gasteiger partial charge in [0.05, 0.1) is 44.1 Å². The molecule has 0 bridgehead atoms. The summed E-state index contributed by atoms with van der Waals surface area (Å²) in [5, 5.41) is 16.3. The molecule has 4 nitrogen and oxygen atoms in total. The van der Waals surface area contributed by atoms with Crippen molar-refractivity contribution in [2.45, 2.75) is 0 Å². The van der Waals surface area contributed by atoms with Crippen LogP contribution in [0.15, 0.2) is 182 Å². The summed E-state index contributed by atoms with van der Waals surface area (Å²) in [6.45, 7) is 0. The van der Waals surface area contributed by atoms with Gasteiger partial charge in [-0.05, 0) is 75.6 Å². The molecule has 0 fully saturated rings. The van der Waals surface area contributed by atoms with Gasteiger partial charge in [0, 0.05) is 59.7 Å². The molecule has 0 amide bonds. The maximum atomic E-state index is 5.79. The Bertz CT molecular complexity index is 4300. The molecule has 0 saturated carbocycles.